The van der Waals surface area contributed by atoms with Crippen LogP contribution in [0.5, 0.6) is 0 Å². The fourth-order valence-corrected chi connectivity index (χ4v) is 3.49. The van der Waals surface area contributed by atoms with Crippen LogP contribution in [0.2, 0.25) is 0 Å². The van der Waals surface area contributed by atoms with Gasteiger partial charge in [0, 0.05) is 32.3 Å². The minimum absolute atomic E-state index is 0.207. The molecular formula is C17H26N4O. The first-order valence-electron chi connectivity index (χ1n) is 8.45. The number of rotatable bonds is 6. The highest BCUT2D eigenvalue weighted by atomic mass is 16.3. The van der Waals surface area contributed by atoms with E-state index in [0.29, 0.717) is 5.92 Å². The maximum absolute atomic E-state index is 9.16. The van der Waals surface area contributed by atoms with Gasteiger partial charge in [0.1, 0.15) is 11.3 Å². The summed E-state index contributed by atoms with van der Waals surface area (Å²) in [6, 6.07) is 3.97. The van der Waals surface area contributed by atoms with Crippen molar-refractivity contribution in [2.75, 3.05) is 26.2 Å². The second-order valence-corrected chi connectivity index (χ2v) is 6.21. The van der Waals surface area contributed by atoms with Gasteiger partial charge >= 0.3 is 0 Å². The Labute approximate surface area is 132 Å². The lowest BCUT2D eigenvalue weighted by molar-refractivity contribution is 0.180. The summed E-state index contributed by atoms with van der Waals surface area (Å²) in [5.74, 6) is 1.81. The van der Waals surface area contributed by atoms with Crippen LogP contribution < -0.4 is 0 Å². The lowest BCUT2D eigenvalue weighted by Crippen LogP contribution is -2.36. The van der Waals surface area contributed by atoms with E-state index >= 15 is 0 Å². The summed E-state index contributed by atoms with van der Waals surface area (Å²) in [5.41, 5.74) is 1.92. The van der Waals surface area contributed by atoms with Gasteiger partial charge in [-0.1, -0.05) is 6.92 Å². The number of aryl methyl sites for hydroxylation is 1. The molecule has 0 saturated carbocycles. The molecule has 1 fully saturated rings. The Balaban J connectivity index is 1.82. The Morgan fingerprint density at radius 2 is 2.32 bits per heavy atom. The monoisotopic (exact) mass is 302 g/mol. The van der Waals surface area contributed by atoms with E-state index in [1.54, 1.807) is 0 Å². The number of aromatic nitrogens is 3. The molecule has 120 valence electrons. The van der Waals surface area contributed by atoms with Crippen LogP contribution in [0.1, 0.15) is 32.0 Å². The molecule has 1 saturated heterocycles. The van der Waals surface area contributed by atoms with Gasteiger partial charge in [0.2, 0.25) is 0 Å². The molecular weight excluding hydrogens is 276 g/mol. The minimum Gasteiger partial charge on any atom is -0.396 e. The average Bonchev–Trinajstić information content (AvgIpc) is 2.90. The first kappa shape index (κ1) is 15.4. The largest absolute Gasteiger partial charge is 0.396 e. The number of imidazole rings is 1. The van der Waals surface area contributed by atoms with Crippen molar-refractivity contribution in [1.29, 1.82) is 0 Å². The van der Waals surface area contributed by atoms with Crippen LogP contribution in [0.15, 0.2) is 18.3 Å². The first-order chi connectivity index (χ1) is 10.8. The Hall–Kier alpha value is -1.46. The van der Waals surface area contributed by atoms with E-state index in [1.807, 2.05) is 18.3 Å². The molecule has 22 heavy (non-hydrogen) atoms. The van der Waals surface area contributed by atoms with Gasteiger partial charge in [-0.2, -0.15) is 0 Å². The molecule has 0 aromatic carbocycles. The number of hydrogen-bond donors (Lipinski definition) is 1. The smallest absolute Gasteiger partial charge is 0.159 e. The Kier molecular flexibility index (Phi) is 5.05. The van der Waals surface area contributed by atoms with Crippen molar-refractivity contribution in [2.45, 2.75) is 39.2 Å². The van der Waals surface area contributed by atoms with E-state index < -0.39 is 0 Å². The summed E-state index contributed by atoms with van der Waals surface area (Å²) >= 11 is 0. The number of fused-ring (bicyclic) bond motifs is 1. The molecule has 1 N–H and O–H groups in total. The second kappa shape index (κ2) is 7.20. The second-order valence-electron chi connectivity index (χ2n) is 6.21. The molecule has 2 aromatic rings. The third kappa shape index (κ3) is 3.31. The normalized spacial score (nSPS) is 19.8. The van der Waals surface area contributed by atoms with Crippen molar-refractivity contribution in [3.8, 4) is 0 Å². The molecule has 3 heterocycles. The van der Waals surface area contributed by atoms with Gasteiger partial charge in [-0.3, -0.25) is 0 Å². The van der Waals surface area contributed by atoms with Crippen LogP contribution in [-0.4, -0.2) is 50.8 Å². The number of likely N-dealkylation sites (tertiary alicyclic amines) is 1. The third-order valence-corrected chi connectivity index (χ3v) is 4.64. The summed E-state index contributed by atoms with van der Waals surface area (Å²) in [5, 5.41) is 9.16. The highest BCUT2D eigenvalue weighted by Crippen LogP contribution is 2.23. The molecule has 1 atom stereocenters. The summed E-state index contributed by atoms with van der Waals surface area (Å²) in [7, 11) is 0. The molecule has 0 spiro atoms. The molecule has 0 radical (unpaired) electrons. The molecule has 1 aliphatic heterocycles. The summed E-state index contributed by atoms with van der Waals surface area (Å²) < 4.78 is 2.20. The van der Waals surface area contributed by atoms with E-state index in [9.17, 15) is 0 Å². The number of piperidine rings is 1. The number of nitrogens with zero attached hydrogens (tertiary/aromatic N) is 4. The molecule has 5 nitrogen and oxygen atoms in total. The van der Waals surface area contributed by atoms with Crippen molar-refractivity contribution in [3.05, 3.63) is 24.2 Å². The predicted molar refractivity (Wildman–Crippen MR) is 87.8 cm³/mol. The van der Waals surface area contributed by atoms with Gasteiger partial charge < -0.3 is 14.6 Å². The van der Waals surface area contributed by atoms with Crippen LogP contribution in [-0.2, 0) is 13.0 Å². The summed E-state index contributed by atoms with van der Waals surface area (Å²) in [4.78, 5) is 11.8. The maximum Gasteiger partial charge on any atom is 0.159 e. The molecule has 1 unspecified atom stereocenters. The first-order valence-corrected chi connectivity index (χ1v) is 8.45. The standard InChI is InChI=1S/C17H26N4O/c1-2-20-9-4-6-14(13-20)12-16-19-15-7-3-8-18-17(15)21(16)10-5-11-22/h3,7-8,14,22H,2,4-6,9-13H2,1H3. The molecule has 0 aliphatic carbocycles. The fourth-order valence-electron chi connectivity index (χ4n) is 3.49. The zero-order valence-corrected chi connectivity index (χ0v) is 13.4. The van der Waals surface area contributed by atoms with Gasteiger partial charge in [0.15, 0.2) is 5.65 Å². The van der Waals surface area contributed by atoms with E-state index in [-0.39, 0.29) is 6.61 Å². The minimum atomic E-state index is 0.207. The summed E-state index contributed by atoms with van der Waals surface area (Å²) in [6.45, 7) is 6.78. The quantitative estimate of drug-likeness (QED) is 0.888. The van der Waals surface area contributed by atoms with Gasteiger partial charge in [-0.15, -0.1) is 0 Å². The number of pyridine rings is 1. The van der Waals surface area contributed by atoms with Crippen LogP contribution in [0.4, 0.5) is 0 Å². The average molecular weight is 302 g/mol. The Morgan fingerprint density at radius 1 is 1.41 bits per heavy atom. The lowest BCUT2D eigenvalue weighted by atomic mass is 9.94. The number of hydrogen-bond acceptors (Lipinski definition) is 4. The van der Waals surface area contributed by atoms with Gasteiger partial charge in [-0.25, -0.2) is 9.97 Å². The predicted octanol–water partition coefficient (Wildman–Crippen LogP) is 2.09. The Bertz CT molecular complexity index is 610. The van der Waals surface area contributed by atoms with Gasteiger partial charge in [-0.05, 0) is 50.4 Å². The number of aliphatic hydroxyl groups is 1. The molecule has 1 aliphatic rings. The molecule has 0 bridgehead atoms. The molecule has 3 rings (SSSR count). The van der Waals surface area contributed by atoms with Crippen LogP contribution in [0.25, 0.3) is 11.2 Å². The summed E-state index contributed by atoms with van der Waals surface area (Å²) in [6.07, 6.45) is 6.16. The molecule has 2 aromatic heterocycles. The van der Waals surface area contributed by atoms with Crippen molar-refractivity contribution in [1.82, 2.24) is 19.4 Å². The SMILES string of the molecule is CCN1CCCC(Cc2nc3cccnc3n2CCCO)C1. The van der Waals surface area contributed by atoms with Crippen LogP contribution in [0.3, 0.4) is 0 Å². The van der Waals surface area contributed by atoms with Crippen molar-refractivity contribution < 1.29 is 5.11 Å². The van der Waals surface area contributed by atoms with Crippen molar-refractivity contribution in [2.24, 2.45) is 5.92 Å². The highest BCUT2D eigenvalue weighted by Gasteiger charge is 2.22. The fraction of sp³-hybridized carbons (Fsp3) is 0.647. The lowest BCUT2D eigenvalue weighted by Gasteiger charge is -2.31. The Morgan fingerprint density at radius 3 is 3.14 bits per heavy atom. The zero-order valence-electron chi connectivity index (χ0n) is 13.4. The number of aliphatic hydroxyl groups excluding tert-OH is 1. The van der Waals surface area contributed by atoms with Gasteiger partial charge in [0.25, 0.3) is 0 Å². The third-order valence-electron chi connectivity index (χ3n) is 4.64. The van der Waals surface area contributed by atoms with E-state index in [0.717, 1.165) is 42.9 Å². The van der Waals surface area contributed by atoms with E-state index in [1.165, 1.54) is 25.9 Å². The van der Waals surface area contributed by atoms with Crippen LogP contribution >= 0.6 is 0 Å². The van der Waals surface area contributed by atoms with Gasteiger partial charge in [0.05, 0.1) is 0 Å². The van der Waals surface area contributed by atoms with Crippen LogP contribution in [0, 0.1) is 5.92 Å². The van der Waals surface area contributed by atoms with Crippen molar-refractivity contribution in [3.63, 3.8) is 0 Å². The highest BCUT2D eigenvalue weighted by molar-refractivity contribution is 5.71. The van der Waals surface area contributed by atoms with E-state index in [2.05, 4.69) is 21.4 Å². The topological polar surface area (TPSA) is 54.2 Å². The maximum atomic E-state index is 9.16. The molecule has 5 heteroatoms. The zero-order chi connectivity index (χ0) is 15.4. The van der Waals surface area contributed by atoms with E-state index in [4.69, 9.17) is 10.1 Å². The molecule has 0 amide bonds. The van der Waals surface area contributed by atoms with Crippen molar-refractivity contribution >= 4 is 11.2 Å².